The Morgan fingerprint density at radius 2 is 1.96 bits per heavy atom. The van der Waals surface area contributed by atoms with Crippen molar-refractivity contribution < 1.29 is 19.1 Å². The summed E-state index contributed by atoms with van der Waals surface area (Å²) in [5.74, 6) is 0.849. The Labute approximate surface area is 136 Å². The molecule has 4 rings (SSSR count). The van der Waals surface area contributed by atoms with Crippen molar-refractivity contribution in [2.24, 2.45) is 0 Å². The van der Waals surface area contributed by atoms with Crippen molar-refractivity contribution in [3.8, 4) is 0 Å². The van der Waals surface area contributed by atoms with Crippen molar-refractivity contribution in [1.82, 2.24) is 9.80 Å². The molecule has 23 heavy (non-hydrogen) atoms. The summed E-state index contributed by atoms with van der Waals surface area (Å²) in [6.07, 6.45) is 5.00. The first kappa shape index (κ1) is 15.2. The zero-order chi connectivity index (χ0) is 15.9. The highest BCUT2D eigenvalue weighted by molar-refractivity contribution is 5.78. The van der Waals surface area contributed by atoms with Crippen LogP contribution < -0.4 is 0 Å². The average molecular weight is 320 g/mol. The van der Waals surface area contributed by atoms with E-state index in [1.807, 2.05) is 17.0 Å². The molecule has 3 aliphatic heterocycles. The van der Waals surface area contributed by atoms with Crippen LogP contribution in [0.25, 0.3) is 0 Å². The van der Waals surface area contributed by atoms with E-state index in [1.54, 1.807) is 6.26 Å². The van der Waals surface area contributed by atoms with E-state index in [1.165, 1.54) is 0 Å². The van der Waals surface area contributed by atoms with E-state index in [-0.39, 0.29) is 18.0 Å². The van der Waals surface area contributed by atoms with E-state index in [9.17, 15) is 9.90 Å². The molecule has 0 aliphatic carbocycles. The number of hydrogen-bond acceptors (Lipinski definition) is 5. The molecular formula is C17H24N2O4. The van der Waals surface area contributed by atoms with Gasteiger partial charge in [-0.15, -0.1) is 0 Å². The molecule has 1 aromatic heterocycles. The van der Waals surface area contributed by atoms with Crippen LogP contribution in [0.15, 0.2) is 22.8 Å². The van der Waals surface area contributed by atoms with E-state index < -0.39 is 5.60 Å². The molecule has 3 atom stereocenters. The van der Waals surface area contributed by atoms with Crippen molar-refractivity contribution in [2.45, 2.75) is 43.4 Å². The van der Waals surface area contributed by atoms with Crippen LogP contribution >= 0.6 is 0 Å². The molecule has 1 aromatic rings. The fraction of sp³-hybridized carbons (Fsp3) is 0.706. The van der Waals surface area contributed by atoms with Gasteiger partial charge in [0.2, 0.25) is 5.91 Å². The summed E-state index contributed by atoms with van der Waals surface area (Å²) in [4.78, 5) is 16.7. The van der Waals surface area contributed by atoms with Crippen molar-refractivity contribution in [2.75, 3.05) is 32.8 Å². The monoisotopic (exact) mass is 320 g/mol. The molecule has 126 valence electrons. The number of hydrogen-bond donors (Lipinski definition) is 1. The first-order valence-corrected chi connectivity index (χ1v) is 8.53. The van der Waals surface area contributed by atoms with Crippen LogP contribution in [-0.2, 0) is 15.1 Å². The number of ether oxygens (including phenoxy) is 1. The van der Waals surface area contributed by atoms with Crippen LogP contribution in [0.3, 0.4) is 0 Å². The maximum absolute atomic E-state index is 12.5. The first-order chi connectivity index (χ1) is 11.2. The fourth-order valence-corrected chi connectivity index (χ4v) is 4.39. The number of rotatable bonds is 3. The van der Waals surface area contributed by atoms with Crippen molar-refractivity contribution in [3.63, 3.8) is 0 Å². The first-order valence-electron chi connectivity index (χ1n) is 8.53. The lowest BCUT2D eigenvalue weighted by atomic mass is 9.84. The van der Waals surface area contributed by atoms with Gasteiger partial charge in [-0.1, -0.05) is 0 Å². The second-order valence-corrected chi connectivity index (χ2v) is 6.97. The third-order valence-electron chi connectivity index (χ3n) is 5.58. The van der Waals surface area contributed by atoms with Gasteiger partial charge >= 0.3 is 0 Å². The number of carbonyl (C=O) groups excluding carboxylic acids is 1. The minimum atomic E-state index is -0.881. The maximum atomic E-state index is 12.5. The molecular weight excluding hydrogens is 296 g/mol. The Hall–Kier alpha value is -1.37. The quantitative estimate of drug-likeness (QED) is 0.898. The Balaban J connectivity index is 1.43. The van der Waals surface area contributed by atoms with Gasteiger partial charge in [0.25, 0.3) is 0 Å². The highest BCUT2D eigenvalue weighted by Crippen LogP contribution is 2.45. The van der Waals surface area contributed by atoms with Crippen LogP contribution in [-0.4, -0.2) is 65.7 Å². The molecule has 0 saturated carbocycles. The largest absolute Gasteiger partial charge is 0.466 e. The molecule has 3 saturated heterocycles. The molecule has 3 fully saturated rings. The van der Waals surface area contributed by atoms with Crippen molar-refractivity contribution >= 4 is 5.91 Å². The van der Waals surface area contributed by atoms with Gasteiger partial charge in [0.15, 0.2) is 0 Å². The highest BCUT2D eigenvalue weighted by atomic mass is 16.5. The minimum Gasteiger partial charge on any atom is -0.466 e. The highest BCUT2D eigenvalue weighted by Gasteiger charge is 2.50. The predicted octanol–water partition coefficient (Wildman–Crippen LogP) is 0.953. The molecule has 0 aromatic carbocycles. The molecule has 0 radical (unpaired) electrons. The van der Waals surface area contributed by atoms with Gasteiger partial charge in [-0.2, -0.15) is 0 Å². The Bertz CT molecular complexity index is 539. The normalized spacial score (nSPS) is 34.7. The summed E-state index contributed by atoms with van der Waals surface area (Å²) in [7, 11) is 0. The SMILES string of the molecule is O=C(CN1[C@@H]2CC[C@H]1CC(O)(c1ccco1)C2)N1CCOCC1. The van der Waals surface area contributed by atoms with Gasteiger partial charge < -0.3 is 19.2 Å². The van der Waals surface area contributed by atoms with Crippen molar-refractivity contribution in [3.05, 3.63) is 24.2 Å². The molecule has 3 aliphatic rings. The van der Waals surface area contributed by atoms with Crippen LogP contribution in [0.2, 0.25) is 0 Å². The predicted molar refractivity (Wildman–Crippen MR) is 82.8 cm³/mol. The average Bonchev–Trinajstić information content (AvgIpc) is 3.18. The number of furan rings is 1. The number of piperidine rings is 1. The van der Waals surface area contributed by atoms with Crippen LogP contribution in [0, 0.1) is 0 Å². The lowest BCUT2D eigenvalue weighted by molar-refractivity contribution is -0.140. The smallest absolute Gasteiger partial charge is 0.236 e. The summed E-state index contributed by atoms with van der Waals surface area (Å²) in [6.45, 7) is 3.12. The molecule has 1 amide bonds. The zero-order valence-corrected chi connectivity index (χ0v) is 13.3. The number of amides is 1. The van der Waals surface area contributed by atoms with Crippen LogP contribution in [0.1, 0.15) is 31.4 Å². The summed E-state index contributed by atoms with van der Waals surface area (Å²) in [5, 5.41) is 11.0. The van der Waals surface area contributed by atoms with Crippen LogP contribution in [0.5, 0.6) is 0 Å². The van der Waals surface area contributed by atoms with E-state index in [4.69, 9.17) is 9.15 Å². The summed E-state index contributed by atoms with van der Waals surface area (Å²) in [5.41, 5.74) is -0.881. The number of aliphatic hydroxyl groups is 1. The third-order valence-corrected chi connectivity index (χ3v) is 5.58. The molecule has 1 unspecified atom stereocenters. The second kappa shape index (κ2) is 5.92. The third kappa shape index (κ3) is 2.79. The summed E-state index contributed by atoms with van der Waals surface area (Å²) >= 11 is 0. The summed E-state index contributed by atoms with van der Waals surface area (Å²) in [6, 6.07) is 4.19. The molecule has 6 heteroatoms. The van der Waals surface area contributed by atoms with E-state index >= 15 is 0 Å². The number of carbonyl (C=O) groups is 1. The Kier molecular flexibility index (Phi) is 3.91. The molecule has 4 heterocycles. The van der Waals surface area contributed by atoms with Crippen LogP contribution in [0.4, 0.5) is 0 Å². The lowest BCUT2D eigenvalue weighted by Crippen LogP contribution is -2.53. The molecule has 0 spiro atoms. The number of fused-ring (bicyclic) bond motifs is 2. The minimum absolute atomic E-state index is 0.189. The Morgan fingerprint density at radius 3 is 2.57 bits per heavy atom. The standard InChI is InChI=1S/C17H24N2O4/c20-16(18-5-8-22-9-6-18)12-19-13-3-4-14(19)11-17(21,10-13)15-2-1-7-23-15/h1-2,7,13-14,21H,3-6,8-12H2/t13-,14+,17?. The van der Waals surface area contributed by atoms with Gasteiger partial charge in [0.1, 0.15) is 11.4 Å². The lowest BCUT2D eigenvalue weighted by Gasteiger charge is -2.43. The van der Waals surface area contributed by atoms with Gasteiger partial charge in [-0.3, -0.25) is 9.69 Å². The second-order valence-electron chi connectivity index (χ2n) is 6.97. The topological polar surface area (TPSA) is 66.2 Å². The van der Waals surface area contributed by atoms with Gasteiger partial charge in [0, 0.05) is 25.2 Å². The molecule has 6 nitrogen and oxygen atoms in total. The fourth-order valence-electron chi connectivity index (χ4n) is 4.39. The van der Waals surface area contributed by atoms with E-state index in [0.717, 1.165) is 12.8 Å². The number of nitrogens with zero attached hydrogens (tertiary/aromatic N) is 2. The van der Waals surface area contributed by atoms with Gasteiger partial charge in [0.05, 0.1) is 26.0 Å². The summed E-state index contributed by atoms with van der Waals surface area (Å²) < 4.78 is 10.8. The maximum Gasteiger partial charge on any atom is 0.236 e. The number of morpholine rings is 1. The zero-order valence-electron chi connectivity index (χ0n) is 13.3. The van der Waals surface area contributed by atoms with Gasteiger partial charge in [-0.05, 0) is 37.8 Å². The molecule has 2 bridgehead atoms. The van der Waals surface area contributed by atoms with Gasteiger partial charge in [-0.25, -0.2) is 0 Å². The Morgan fingerprint density at radius 1 is 1.26 bits per heavy atom. The van der Waals surface area contributed by atoms with E-state index in [2.05, 4.69) is 4.90 Å². The van der Waals surface area contributed by atoms with Crippen molar-refractivity contribution in [1.29, 1.82) is 0 Å². The van der Waals surface area contributed by atoms with E-state index in [0.29, 0.717) is 51.4 Å². The molecule has 1 N–H and O–H groups in total.